The van der Waals surface area contributed by atoms with E-state index < -0.39 is 0 Å². The molecule has 0 radical (unpaired) electrons. The lowest BCUT2D eigenvalue weighted by atomic mass is 9.91. The van der Waals surface area contributed by atoms with E-state index in [0.29, 0.717) is 13.2 Å². The first-order chi connectivity index (χ1) is 9.17. The van der Waals surface area contributed by atoms with Crippen LogP contribution in [0, 0.1) is 0 Å². The molecule has 1 fully saturated rings. The molecule has 1 aromatic rings. The minimum absolute atomic E-state index is 0.0844. The molecule has 0 aromatic carbocycles. The van der Waals surface area contributed by atoms with Gasteiger partial charge in [-0.3, -0.25) is 0 Å². The fourth-order valence-corrected chi connectivity index (χ4v) is 2.64. The number of ether oxygens (including phenoxy) is 1. The second-order valence-corrected chi connectivity index (χ2v) is 5.73. The number of aliphatic hydroxyl groups is 1. The SMILES string of the molecule is CCCc1nc(Br)cc(NC2(CO)CCOCC2)n1. The summed E-state index contributed by atoms with van der Waals surface area (Å²) in [4.78, 5) is 8.85. The van der Waals surface area contributed by atoms with E-state index in [-0.39, 0.29) is 12.1 Å². The number of aliphatic hydroxyl groups excluding tert-OH is 1. The predicted octanol–water partition coefficient (Wildman–Crippen LogP) is 2.14. The summed E-state index contributed by atoms with van der Waals surface area (Å²) in [5.74, 6) is 1.58. The summed E-state index contributed by atoms with van der Waals surface area (Å²) in [5, 5.41) is 13.0. The number of hydrogen-bond donors (Lipinski definition) is 2. The second kappa shape index (κ2) is 6.63. The summed E-state index contributed by atoms with van der Waals surface area (Å²) < 4.78 is 6.13. The molecule has 1 aromatic heterocycles. The topological polar surface area (TPSA) is 67.3 Å². The van der Waals surface area contributed by atoms with Gasteiger partial charge in [-0.2, -0.15) is 0 Å². The molecule has 2 N–H and O–H groups in total. The van der Waals surface area contributed by atoms with Gasteiger partial charge in [0.05, 0.1) is 12.1 Å². The third-order valence-electron chi connectivity index (χ3n) is 3.36. The number of aryl methyl sites for hydroxylation is 1. The van der Waals surface area contributed by atoms with Crippen LogP contribution in [0.15, 0.2) is 10.7 Å². The van der Waals surface area contributed by atoms with Crippen molar-refractivity contribution in [2.24, 2.45) is 0 Å². The number of halogens is 1. The Labute approximate surface area is 121 Å². The lowest BCUT2D eigenvalue weighted by Gasteiger charge is -2.36. The molecule has 19 heavy (non-hydrogen) atoms. The van der Waals surface area contributed by atoms with Gasteiger partial charge in [0.1, 0.15) is 16.2 Å². The Morgan fingerprint density at radius 1 is 1.42 bits per heavy atom. The zero-order valence-corrected chi connectivity index (χ0v) is 12.7. The summed E-state index contributed by atoms with van der Waals surface area (Å²) in [6, 6.07) is 1.85. The summed E-state index contributed by atoms with van der Waals surface area (Å²) in [6.07, 6.45) is 3.43. The number of nitrogens with one attached hydrogen (secondary N) is 1. The van der Waals surface area contributed by atoms with Crippen LogP contribution in [0.5, 0.6) is 0 Å². The van der Waals surface area contributed by atoms with Crippen molar-refractivity contribution < 1.29 is 9.84 Å². The van der Waals surface area contributed by atoms with E-state index in [9.17, 15) is 5.11 Å². The average molecular weight is 330 g/mol. The van der Waals surface area contributed by atoms with Crippen LogP contribution in [-0.2, 0) is 11.2 Å². The highest BCUT2D eigenvalue weighted by Gasteiger charge is 2.32. The summed E-state index contributed by atoms with van der Waals surface area (Å²) in [7, 11) is 0. The van der Waals surface area contributed by atoms with E-state index in [4.69, 9.17) is 4.74 Å². The van der Waals surface area contributed by atoms with Gasteiger partial charge in [0.2, 0.25) is 0 Å². The number of hydrogen-bond acceptors (Lipinski definition) is 5. The molecule has 1 aliphatic rings. The minimum Gasteiger partial charge on any atom is -0.394 e. The molecule has 0 spiro atoms. The van der Waals surface area contributed by atoms with Crippen LogP contribution in [-0.4, -0.2) is 40.4 Å². The highest BCUT2D eigenvalue weighted by Crippen LogP contribution is 2.25. The number of rotatable bonds is 5. The molecule has 0 amide bonds. The van der Waals surface area contributed by atoms with Gasteiger partial charge in [-0.15, -0.1) is 0 Å². The van der Waals surface area contributed by atoms with Crippen molar-refractivity contribution in [1.82, 2.24) is 9.97 Å². The van der Waals surface area contributed by atoms with Gasteiger partial charge in [-0.1, -0.05) is 6.92 Å². The number of anilines is 1. The van der Waals surface area contributed by atoms with Crippen molar-refractivity contribution in [3.8, 4) is 0 Å². The summed E-state index contributed by atoms with van der Waals surface area (Å²) in [6.45, 7) is 3.52. The maximum absolute atomic E-state index is 9.67. The van der Waals surface area contributed by atoms with E-state index in [1.54, 1.807) is 0 Å². The van der Waals surface area contributed by atoms with Crippen LogP contribution < -0.4 is 5.32 Å². The first-order valence-corrected chi connectivity index (χ1v) is 7.47. The Hall–Kier alpha value is -0.720. The van der Waals surface area contributed by atoms with Crippen LogP contribution in [0.4, 0.5) is 5.82 Å². The Morgan fingerprint density at radius 2 is 2.16 bits per heavy atom. The molecule has 0 bridgehead atoms. The van der Waals surface area contributed by atoms with Crippen LogP contribution in [0.25, 0.3) is 0 Å². The van der Waals surface area contributed by atoms with Crippen molar-refractivity contribution >= 4 is 21.7 Å². The third kappa shape index (κ3) is 3.87. The number of nitrogens with zero attached hydrogens (tertiary/aromatic N) is 2. The lowest BCUT2D eigenvalue weighted by molar-refractivity contribution is 0.0378. The molecule has 0 saturated carbocycles. The largest absolute Gasteiger partial charge is 0.394 e. The molecule has 0 atom stereocenters. The van der Waals surface area contributed by atoms with E-state index in [0.717, 1.165) is 41.9 Å². The van der Waals surface area contributed by atoms with Crippen LogP contribution >= 0.6 is 15.9 Å². The monoisotopic (exact) mass is 329 g/mol. The van der Waals surface area contributed by atoms with Crippen LogP contribution in [0.3, 0.4) is 0 Å². The quantitative estimate of drug-likeness (QED) is 0.810. The van der Waals surface area contributed by atoms with Gasteiger partial charge in [0, 0.05) is 25.7 Å². The molecule has 2 heterocycles. The molecule has 5 nitrogen and oxygen atoms in total. The molecule has 1 aliphatic heterocycles. The van der Waals surface area contributed by atoms with Gasteiger partial charge in [0.25, 0.3) is 0 Å². The normalized spacial score (nSPS) is 18.3. The maximum atomic E-state index is 9.67. The molecular weight excluding hydrogens is 310 g/mol. The van der Waals surface area contributed by atoms with E-state index >= 15 is 0 Å². The van der Waals surface area contributed by atoms with Gasteiger partial charge in [-0.05, 0) is 35.2 Å². The molecule has 6 heteroatoms. The van der Waals surface area contributed by atoms with Crippen molar-refractivity contribution in [2.75, 3.05) is 25.1 Å². The highest BCUT2D eigenvalue weighted by atomic mass is 79.9. The third-order valence-corrected chi connectivity index (χ3v) is 3.77. The van der Waals surface area contributed by atoms with E-state index in [2.05, 4.69) is 38.1 Å². The van der Waals surface area contributed by atoms with Gasteiger partial charge in [0.15, 0.2) is 0 Å². The van der Waals surface area contributed by atoms with Crippen LogP contribution in [0.1, 0.15) is 32.0 Å². The minimum atomic E-state index is -0.324. The Balaban J connectivity index is 2.16. The average Bonchev–Trinajstić information content (AvgIpc) is 2.39. The molecule has 1 saturated heterocycles. The lowest BCUT2D eigenvalue weighted by Crippen LogP contribution is -2.47. The second-order valence-electron chi connectivity index (χ2n) is 4.92. The molecule has 2 rings (SSSR count). The fourth-order valence-electron chi connectivity index (χ4n) is 2.22. The molecule has 106 valence electrons. The Bertz CT molecular complexity index is 422. The smallest absolute Gasteiger partial charge is 0.132 e. The molecular formula is C13H20BrN3O2. The maximum Gasteiger partial charge on any atom is 0.132 e. The zero-order chi connectivity index (χ0) is 13.7. The number of aromatic nitrogens is 2. The summed E-state index contributed by atoms with van der Waals surface area (Å²) >= 11 is 3.41. The van der Waals surface area contributed by atoms with E-state index in [1.165, 1.54) is 0 Å². The van der Waals surface area contributed by atoms with Crippen molar-refractivity contribution in [3.63, 3.8) is 0 Å². The molecule has 0 unspecified atom stereocenters. The summed E-state index contributed by atoms with van der Waals surface area (Å²) in [5.41, 5.74) is -0.324. The molecule has 0 aliphatic carbocycles. The van der Waals surface area contributed by atoms with Gasteiger partial charge < -0.3 is 15.2 Å². The van der Waals surface area contributed by atoms with Crippen LogP contribution in [0.2, 0.25) is 0 Å². The standard InChI is InChI=1S/C13H20BrN3O2/c1-2-3-11-15-10(14)8-12(16-11)17-13(9-18)4-6-19-7-5-13/h8,18H,2-7,9H2,1H3,(H,15,16,17). The van der Waals surface area contributed by atoms with Gasteiger partial charge >= 0.3 is 0 Å². The van der Waals surface area contributed by atoms with E-state index in [1.807, 2.05) is 6.07 Å². The van der Waals surface area contributed by atoms with Gasteiger partial charge in [-0.25, -0.2) is 9.97 Å². The Morgan fingerprint density at radius 3 is 2.79 bits per heavy atom. The van der Waals surface area contributed by atoms with Crippen molar-refractivity contribution in [2.45, 2.75) is 38.1 Å². The highest BCUT2D eigenvalue weighted by molar-refractivity contribution is 9.10. The zero-order valence-electron chi connectivity index (χ0n) is 11.2. The first-order valence-electron chi connectivity index (χ1n) is 6.68. The Kier molecular flexibility index (Phi) is 5.13. The van der Waals surface area contributed by atoms with Crippen molar-refractivity contribution in [3.05, 3.63) is 16.5 Å². The predicted molar refractivity (Wildman–Crippen MR) is 77.2 cm³/mol. The van der Waals surface area contributed by atoms with Crippen molar-refractivity contribution in [1.29, 1.82) is 0 Å². The first kappa shape index (κ1) is 14.7. The fraction of sp³-hybridized carbons (Fsp3) is 0.692.